The molecule has 2 rings (SSSR count). The highest BCUT2D eigenvalue weighted by molar-refractivity contribution is 7.89. The molecule has 1 aromatic heterocycles. The minimum absolute atomic E-state index is 0.0626. The minimum Gasteiger partial charge on any atom is -0.396 e. The Bertz CT molecular complexity index is 721. The molecule has 0 aliphatic rings. The monoisotopic (exact) mass is 299 g/mol. The smallest absolute Gasteiger partial charge is 0.243 e. The Balaban J connectivity index is 2.25. The van der Waals surface area contributed by atoms with Crippen molar-refractivity contribution in [3.8, 4) is 0 Å². The normalized spacial score (nSPS) is 11.5. The predicted molar refractivity (Wildman–Crippen MR) is 69.0 cm³/mol. The Morgan fingerprint density at radius 2 is 2.00 bits per heavy atom. The Hall–Kier alpha value is -2.06. The van der Waals surface area contributed by atoms with Gasteiger partial charge in [0.15, 0.2) is 0 Å². The van der Waals surface area contributed by atoms with Gasteiger partial charge in [-0.3, -0.25) is 4.98 Å². The first kappa shape index (κ1) is 14.4. The lowest BCUT2D eigenvalue weighted by Gasteiger charge is -2.08. The molecule has 0 saturated heterocycles. The molecule has 0 aliphatic heterocycles. The largest absolute Gasteiger partial charge is 0.396 e. The fourth-order valence-electron chi connectivity index (χ4n) is 1.51. The topological polar surface area (TPSA) is 85.1 Å². The second-order valence-corrected chi connectivity index (χ2v) is 5.73. The number of pyridine rings is 1. The number of aromatic nitrogens is 1. The van der Waals surface area contributed by atoms with Crippen LogP contribution in [0, 0.1) is 11.6 Å². The maximum atomic E-state index is 13.5. The third-order valence-electron chi connectivity index (χ3n) is 2.53. The Labute approximate surface area is 114 Å². The molecular weight excluding hydrogens is 288 g/mol. The van der Waals surface area contributed by atoms with Crippen molar-refractivity contribution < 1.29 is 17.2 Å². The summed E-state index contributed by atoms with van der Waals surface area (Å²) in [6.45, 7) is -0.0626. The molecule has 5 nitrogen and oxygen atoms in total. The fraction of sp³-hybridized carbons (Fsp3) is 0.0833. The molecule has 1 heterocycles. The first-order valence-electron chi connectivity index (χ1n) is 5.53. The van der Waals surface area contributed by atoms with Crippen LogP contribution >= 0.6 is 0 Å². The highest BCUT2D eigenvalue weighted by Gasteiger charge is 2.21. The molecule has 0 amide bonds. The number of hydrogen-bond acceptors (Lipinski definition) is 4. The van der Waals surface area contributed by atoms with E-state index in [4.69, 9.17) is 5.73 Å². The molecule has 0 aliphatic carbocycles. The van der Waals surface area contributed by atoms with Gasteiger partial charge in [-0.05, 0) is 17.7 Å². The van der Waals surface area contributed by atoms with Crippen molar-refractivity contribution in [2.24, 2.45) is 0 Å². The van der Waals surface area contributed by atoms with Gasteiger partial charge in [-0.1, -0.05) is 6.07 Å². The van der Waals surface area contributed by atoms with Crippen LogP contribution in [0.1, 0.15) is 5.56 Å². The average molecular weight is 299 g/mol. The molecule has 0 spiro atoms. The number of nitrogens with zero attached hydrogens (tertiary/aromatic N) is 1. The summed E-state index contributed by atoms with van der Waals surface area (Å²) in [7, 11) is -4.13. The maximum Gasteiger partial charge on any atom is 0.243 e. The molecule has 3 N–H and O–H groups in total. The summed E-state index contributed by atoms with van der Waals surface area (Å²) < 4.78 is 52.6. The first-order chi connectivity index (χ1) is 9.40. The van der Waals surface area contributed by atoms with Crippen LogP contribution in [0.5, 0.6) is 0 Å². The lowest BCUT2D eigenvalue weighted by Crippen LogP contribution is -2.24. The highest BCUT2D eigenvalue weighted by Crippen LogP contribution is 2.20. The van der Waals surface area contributed by atoms with Crippen LogP contribution in [0.3, 0.4) is 0 Å². The summed E-state index contributed by atoms with van der Waals surface area (Å²) in [4.78, 5) is 3.13. The van der Waals surface area contributed by atoms with E-state index in [9.17, 15) is 17.2 Å². The third-order valence-corrected chi connectivity index (χ3v) is 3.95. The molecule has 8 heteroatoms. The van der Waals surface area contributed by atoms with Crippen molar-refractivity contribution in [3.63, 3.8) is 0 Å². The van der Waals surface area contributed by atoms with E-state index >= 15 is 0 Å². The Morgan fingerprint density at radius 1 is 1.25 bits per heavy atom. The molecule has 0 radical (unpaired) electrons. The van der Waals surface area contributed by atoms with Gasteiger partial charge in [0.2, 0.25) is 10.0 Å². The van der Waals surface area contributed by atoms with E-state index in [2.05, 4.69) is 9.71 Å². The van der Waals surface area contributed by atoms with E-state index < -0.39 is 32.2 Å². The lowest BCUT2D eigenvalue weighted by atomic mass is 10.3. The number of rotatable bonds is 4. The third kappa shape index (κ3) is 3.09. The zero-order valence-corrected chi connectivity index (χ0v) is 11.0. The molecule has 0 saturated carbocycles. The molecule has 0 atom stereocenters. The highest BCUT2D eigenvalue weighted by atomic mass is 32.2. The van der Waals surface area contributed by atoms with Crippen LogP contribution < -0.4 is 10.5 Å². The second kappa shape index (κ2) is 5.51. The van der Waals surface area contributed by atoms with Crippen LogP contribution in [0.4, 0.5) is 14.5 Å². The molecule has 0 bridgehead atoms. The number of halogens is 2. The van der Waals surface area contributed by atoms with Crippen molar-refractivity contribution in [2.75, 3.05) is 5.73 Å². The number of nitrogen functional groups attached to an aromatic ring is 1. The maximum absolute atomic E-state index is 13.5. The average Bonchev–Trinajstić information content (AvgIpc) is 2.42. The first-order valence-corrected chi connectivity index (χ1v) is 7.01. The summed E-state index contributed by atoms with van der Waals surface area (Å²) in [6.07, 6.45) is 3.01. The zero-order valence-electron chi connectivity index (χ0n) is 10.2. The van der Waals surface area contributed by atoms with Gasteiger partial charge in [-0.2, -0.15) is 0 Å². The molecule has 1 aromatic carbocycles. The van der Waals surface area contributed by atoms with Crippen LogP contribution in [-0.2, 0) is 16.6 Å². The number of anilines is 1. The SMILES string of the molecule is Nc1cc(S(=O)(=O)NCc2cccnc2)c(F)cc1F. The van der Waals surface area contributed by atoms with E-state index in [1.165, 1.54) is 6.20 Å². The lowest BCUT2D eigenvalue weighted by molar-refractivity contribution is 0.544. The van der Waals surface area contributed by atoms with E-state index in [1.54, 1.807) is 18.3 Å². The van der Waals surface area contributed by atoms with Gasteiger partial charge in [0, 0.05) is 25.0 Å². The van der Waals surface area contributed by atoms with E-state index in [1.807, 2.05) is 0 Å². The quantitative estimate of drug-likeness (QED) is 0.836. The van der Waals surface area contributed by atoms with E-state index in [0.717, 1.165) is 6.07 Å². The number of sulfonamides is 1. The van der Waals surface area contributed by atoms with Gasteiger partial charge in [0.25, 0.3) is 0 Å². The summed E-state index contributed by atoms with van der Waals surface area (Å²) in [5.74, 6) is -2.20. The minimum atomic E-state index is -4.13. The Kier molecular flexibility index (Phi) is 3.96. The van der Waals surface area contributed by atoms with Crippen molar-refractivity contribution >= 4 is 15.7 Å². The molecule has 106 valence electrons. The van der Waals surface area contributed by atoms with E-state index in [-0.39, 0.29) is 6.54 Å². The second-order valence-electron chi connectivity index (χ2n) is 3.99. The zero-order chi connectivity index (χ0) is 14.8. The van der Waals surface area contributed by atoms with Crippen LogP contribution in [0.15, 0.2) is 41.6 Å². The van der Waals surface area contributed by atoms with Crippen LogP contribution in [-0.4, -0.2) is 13.4 Å². The van der Waals surface area contributed by atoms with Crippen molar-refractivity contribution in [3.05, 3.63) is 53.9 Å². The van der Waals surface area contributed by atoms with Gasteiger partial charge in [-0.25, -0.2) is 21.9 Å². The molecular formula is C12H11F2N3O2S. The molecule has 20 heavy (non-hydrogen) atoms. The van der Waals surface area contributed by atoms with Crippen molar-refractivity contribution in [1.82, 2.24) is 9.71 Å². The van der Waals surface area contributed by atoms with E-state index in [0.29, 0.717) is 11.6 Å². The van der Waals surface area contributed by atoms with Crippen LogP contribution in [0.25, 0.3) is 0 Å². The fourth-order valence-corrected chi connectivity index (χ4v) is 2.62. The summed E-state index contributed by atoms with van der Waals surface area (Å²) in [5.41, 5.74) is 5.42. The molecule has 0 unspecified atom stereocenters. The number of benzene rings is 1. The van der Waals surface area contributed by atoms with Gasteiger partial charge < -0.3 is 5.73 Å². The summed E-state index contributed by atoms with van der Waals surface area (Å²) in [5, 5.41) is 0. The number of nitrogens with one attached hydrogen (secondary N) is 1. The molecule has 2 aromatic rings. The molecule has 0 fully saturated rings. The Morgan fingerprint density at radius 3 is 2.65 bits per heavy atom. The summed E-state index contributed by atoms with van der Waals surface area (Å²) >= 11 is 0. The van der Waals surface area contributed by atoms with Crippen molar-refractivity contribution in [1.29, 1.82) is 0 Å². The van der Waals surface area contributed by atoms with Crippen molar-refractivity contribution in [2.45, 2.75) is 11.4 Å². The van der Waals surface area contributed by atoms with Gasteiger partial charge in [0.1, 0.15) is 16.5 Å². The van der Waals surface area contributed by atoms with Crippen LogP contribution in [0.2, 0.25) is 0 Å². The number of nitrogens with two attached hydrogens (primary N) is 1. The predicted octanol–water partition coefficient (Wildman–Crippen LogP) is 1.42. The standard InChI is InChI=1S/C12H11F2N3O2S/c13-9-4-10(14)12(5-11(9)15)20(18,19)17-7-8-2-1-3-16-6-8/h1-6,17H,7,15H2. The van der Waals surface area contributed by atoms with Gasteiger partial charge >= 0.3 is 0 Å². The number of hydrogen-bond donors (Lipinski definition) is 2. The van der Waals surface area contributed by atoms with Gasteiger partial charge in [-0.15, -0.1) is 0 Å². The summed E-state index contributed by atoms with van der Waals surface area (Å²) in [6, 6.07) is 4.48. The van der Waals surface area contributed by atoms with Gasteiger partial charge in [0.05, 0.1) is 5.69 Å².